The summed E-state index contributed by atoms with van der Waals surface area (Å²) in [6.45, 7) is 7.18. The summed E-state index contributed by atoms with van der Waals surface area (Å²) in [5.74, 6) is 1.47. The first-order valence-electron chi connectivity index (χ1n) is 7.95. The van der Waals surface area contributed by atoms with Crippen molar-refractivity contribution in [3.05, 3.63) is 23.8 Å². The number of carbonyl (C=O) groups excluding carboxylic acids is 1. The average molecular weight is 289 g/mol. The monoisotopic (exact) mass is 289 g/mol. The Bertz CT molecular complexity index is 501. The number of hydrogen-bond acceptors (Lipinski definition) is 3. The van der Waals surface area contributed by atoms with E-state index in [0.717, 1.165) is 30.4 Å². The van der Waals surface area contributed by atoms with Gasteiger partial charge in [0.2, 0.25) is 0 Å². The van der Waals surface area contributed by atoms with E-state index < -0.39 is 0 Å². The summed E-state index contributed by atoms with van der Waals surface area (Å²) >= 11 is 0. The molecule has 116 valence electrons. The zero-order valence-electron chi connectivity index (χ0n) is 13.3. The molecule has 1 aliphatic rings. The molecular formula is C17H27N3O. The van der Waals surface area contributed by atoms with Crippen LogP contribution in [0.3, 0.4) is 0 Å². The van der Waals surface area contributed by atoms with Crippen LogP contribution in [0.1, 0.15) is 50.4 Å². The number of amides is 1. The molecule has 3 atom stereocenters. The third-order valence-electron chi connectivity index (χ3n) is 4.61. The molecule has 1 saturated carbocycles. The van der Waals surface area contributed by atoms with Crippen LogP contribution in [0.15, 0.2) is 18.2 Å². The van der Waals surface area contributed by atoms with E-state index in [1.54, 1.807) is 6.07 Å². The van der Waals surface area contributed by atoms with Crippen molar-refractivity contribution in [3.63, 3.8) is 0 Å². The molecule has 0 aliphatic heterocycles. The fourth-order valence-electron chi connectivity index (χ4n) is 2.98. The van der Waals surface area contributed by atoms with Gasteiger partial charge in [-0.15, -0.1) is 0 Å². The molecule has 0 aromatic heterocycles. The van der Waals surface area contributed by atoms with Gasteiger partial charge in [-0.3, -0.25) is 4.79 Å². The third-order valence-corrected chi connectivity index (χ3v) is 4.61. The minimum absolute atomic E-state index is 0.0498. The number of benzene rings is 1. The van der Waals surface area contributed by atoms with Crippen molar-refractivity contribution in [1.29, 1.82) is 0 Å². The Balaban J connectivity index is 2.09. The maximum Gasteiger partial charge on any atom is 0.251 e. The first kappa shape index (κ1) is 15.7. The molecule has 4 N–H and O–H groups in total. The van der Waals surface area contributed by atoms with Gasteiger partial charge in [0.15, 0.2) is 0 Å². The Morgan fingerprint density at radius 1 is 1.29 bits per heavy atom. The van der Waals surface area contributed by atoms with E-state index in [1.165, 1.54) is 6.42 Å². The third kappa shape index (κ3) is 3.90. The summed E-state index contributed by atoms with van der Waals surface area (Å²) in [6, 6.07) is 5.89. The van der Waals surface area contributed by atoms with Crippen LogP contribution in [0.25, 0.3) is 0 Å². The highest BCUT2D eigenvalue weighted by molar-refractivity contribution is 5.96. The van der Waals surface area contributed by atoms with Crippen molar-refractivity contribution >= 4 is 17.3 Å². The van der Waals surface area contributed by atoms with Gasteiger partial charge in [0, 0.05) is 18.2 Å². The fourth-order valence-corrected chi connectivity index (χ4v) is 2.98. The maximum absolute atomic E-state index is 11.9. The molecule has 1 aromatic carbocycles. The van der Waals surface area contributed by atoms with E-state index >= 15 is 0 Å². The number of rotatable bonds is 4. The predicted molar refractivity (Wildman–Crippen MR) is 88.5 cm³/mol. The summed E-state index contributed by atoms with van der Waals surface area (Å²) < 4.78 is 0. The standard InChI is InChI=1S/C17H27N3O/c1-4-19-17(21)13-6-8-15(18)16(10-13)20-14-7-5-11(2)12(3)9-14/h6,8,10-12,14,20H,4-5,7,9,18H2,1-3H3,(H,19,21). The molecule has 0 heterocycles. The molecule has 4 heteroatoms. The Labute approximate surface area is 127 Å². The minimum Gasteiger partial charge on any atom is -0.397 e. The van der Waals surface area contributed by atoms with Gasteiger partial charge in [-0.1, -0.05) is 13.8 Å². The summed E-state index contributed by atoms with van der Waals surface area (Å²) in [6.07, 6.45) is 3.57. The lowest BCUT2D eigenvalue weighted by Crippen LogP contribution is -2.30. The summed E-state index contributed by atoms with van der Waals surface area (Å²) in [5.41, 5.74) is 8.29. The predicted octanol–water partition coefficient (Wildman–Crippen LogP) is 3.26. The largest absolute Gasteiger partial charge is 0.397 e. The Kier molecular flexibility index (Phi) is 5.10. The molecule has 4 nitrogen and oxygen atoms in total. The Morgan fingerprint density at radius 3 is 2.71 bits per heavy atom. The lowest BCUT2D eigenvalue weighted by Gasteiger charge is -2.33. The lowest BCUT2D eigenvalue weighted by atomic mass is 9.79. The van der Waals surface area contributed by atoms with Crippen molar-refractivity contribution < 1.29 is 4.79 Å². The summed E-state index contributed by atoms with van der Waals surface area (Å²) in [4.78, 5) is 11.9. The van der Waals surface area contributed by atoms with Crippen molar-refractivity contribution in [1.82, 2.24) is 5.32 Å². The lowest BCUT2D eigenvalue weighted by molar-refractivity contribution is 0.0956. The molecule has 1 aromatic rings. The first-order valence-corrected chi connectivity index (χ1v) is 7.95. The van der Waals surface area contributed by atoms with E-state index in [-0.39, 0.29) is 5.91 Å². The van der Waals surface area contributed by atoms with Gasteiger partial charge < -0.3 is 16.4 Å². The molecule has 1 aliphatic carbocycles. The van der Waals surface area contributed by atoms with Crippen molar-refractivity contribution in [3.8, 4) is 0 Å². The zero-order valence-corrected chi connectivity index (χ0v) is 13.3. The second-order valence-electron chi connectivity index (χ2n) is 6.27. The molecule has 1 fully saturated rings. The Hall–Kier alpha value is -1.71. The van der Waals surface area contributed by atoms with Crippen molar-refractivity contribution in [2.75, 3.05) is 17.6 Å². The Morgan fingerprint density at radius 2 is 2.05 bits per heavy atom. The van der Waals surface area contributed by atoms with Crippen LogP contribution >= 0.6 is 0 Å². The van der Waals surface area contributed by atoms with E-state index in [9.17, 15) is 4.79 Å². The minimum atomic E-state index is -0.0498. The van der Waals surface area contributed by atoms with Crippen LogP contribution < -0.4 is 16.4 Å². The van der Waals surface area contributed by atoms with Crippen LogP contribution in [0.4, 0.5) is 11.4 Å². The fraction of sp³-hybridized carbons (Fsp3) is 0.588. The average Bonchev–Trinajstić information content (AvgIpc) is 2.45. The number of anilines is 2. The van der Waals surface area contributed by atoms with E-state index in [0.29, 0.717) is 23.8 Å². The van der Waals surface area contributed by atoms with Crippen LogP contribution in [0, 0.1) is 11.8 Å². The molecule has 21 heavy (non-hydrogen) atoms. The van der Waals surface area contributed by atoms with E-state index in [1.807, 2.05) is 19.1 Å². The topological polar surface area (TPSA) is 67.2 Å². The molecule has 0 spiro atoms. The van der Waals surface area contributed by atoms with Crippen LogP contribution in [-0.2, 0) is 0 Å². The molecule has 0 saturated heterocycles. The zero-order chi connectivity index (χ0) is 15.4. The second kappa shape index (κ2) is 6.83. The molecule has 0 bridgehead atoms. The smallest absolute Gasteiger partial charge is 0.251 e. The van der Waals surface area contributed by atoms with Gasteiger partial charge >= 0.3 is 0 Å². The van der Waals surface area contributed by atoms with Crippen molar-refractivity contribution in [2.24, 2.45) is 11.8 Å². The highest BCUT2D eigenvalue weighted by Crippen LogP contribution is 2.32. The number of nitrogen functional groups attached to an aromatic ring is 1. The van der Waals surface area contributed by atoms with Crippen LogP contribution in [0.5, 0.6) is 0 Å². The van der Waals surface area contributed by atoms with E-state index in [2.05, 4.69) is 24.5 Å². The first-order chi connectivity index (χ1) is 10.0. The van der Waals surface area contributed by atoms with Crippen LogP contribution in [-0.4, -0.2) is 18.5 Å². The van der Waals surface area contributed by atoms with Gasteiger partial charge in [0.25, 0.3) is 5.91 Å². The number of nitrogens with one attached hydrogen (secondary N) is 2. The quantitative estimate of drug-likeness (QED) is 0.745. The van der Waals surface area contributed by atoms with Gasteiger partial charge in [0.1, 0.15) is 0 Å². The van der Waals surface area contributed by atoms with Gasteiger partial charge in [0.05, 0.1) is 11.4 Å². The normalized spacial score (nSPS) is 25.4. The number of hydrogen-bond donors (Lipinski definition) is 3. The van der Waals surface area contributed by atoms with Gasteiger partial charge in [-0.2, -0.15) is 0 Å². The SMILES string of the molecule is CCNC(=O)c1ccc(N)c(NC2CCC(C)C(C)C2)c1. The van der Waals surface area contributed by atoms with E-state index in [4.69, 9.17) is 5.73 Å². The van der Waals surface area contributed by atoms with Gasteiger partial charge in [-0.25, -0.2) is 0 Å². The highest BCUT2D eigenvalue weighted by Gasteiger charge is 2.24. The molecular weight excluding hydrogens is 262 g/mol. The molecule has 3 unspecified atom stereocenters. The summed E-state index contributed by atoms with van der Waals surface area (Å²) in [7, 11) is 0. The van der Waals surface area contributed by atoms with Gasteiger partial charge in [-0.05, 0) is 56.2 Å². The highest BCUT2D eigenvalue weighted by atomic mass is 16.1. The summed E-state index contributed by atoms with van der Waals surface area (Å²) in [5, 5.41) is 6.35. The van der Waals surface area contributed by atoms with Crippen molar-refractivity contribution in [2.45, 2.75) is 46.1 Å². The maximum atomic E-state index is 11.9. The molecule has 2 rings (SSSR count). The van der Waals surface area contributed by atoms with Crippen LogP contribution in [0.2, 0.25) is 0 Å². The molecule has 0 radical (unpaired) electrons. The second-order valence-corrected chi connectivity index (χ2v) is 6.27. The molecule has 1 amide bonds. The number of nitrogens with two attached hydrogens (primary N) is 1. The number of carbonyl (C=O) groups is 1.